The molecule has 0 aliphatic heterocycles. The number of hydrogen-bond acceptors (Lipinski definition) is 3. The molecule has 2 aromatic heterocycles. The lowest BCUT2D eigenvalue weighted by Gasteiger charge is -2.11. The fraction of sp³-hybridized carbons (Fsp3) is 0.222. The smallest absolute Gasteiger partial charge is 0.257 e. The maximum Gasteiger partial charge on any atom is 0.257 e. The Kier molecular flexibility index (Phi) is 4.95. The number of rotatable bonds is 6. The summed E-state index contributed by atoms with van der Waals surface area (Å²) in [7, 11) is 1.58. The summed E-state index contributed by atoms with van der Waals surface area (Å²) in [5.41, 5.74) is 1.73. The minimum absolute atomic E-state index is 0.230. The molecule has 0 fully saturated rings. The number of aromatic nitrogens is 3. The van der Waals surface area contributed by atoms with E-state index in [1.165, 1.54) is 12.1 Å². The van der Waals surface area contributed by atoms with Crippen molar-refractivity contribution in [3.63, 3.8) is 0 Å². The number of carbonyl (C=O) groups excluding carboxylic acids is 1. The number of benzene rings is 1. The maximum absolute atomic E-state index is 13.3. The van der Waals surface area contributed by atoms with Crippen molar-refractivity contribution >= 4 is 5.91 Å². The number of ether oxygens (including phenoxy) is 1. The highest BCUT2D eigenvalue weighted by Gasteiger charge is 2.23. The lowest BCUT2D eigenvalue weighted by Crippen LogP contribution is -2.28. The number of hydrogen-bond donors (Lipinski definition) is 1. The summed E-state index contributed by atoms with van der Waals surface area (Å²) >= 11 is 0. The summed E-state index contributed by atoms with van der Waals surface area (Å²) in [5, 5.41) is 7.32. The molecule has 7 heteroatoms. The third-order valence-corrected chi connectivity index (χ3v) is 3.78. The van der Waals surface area contributed by atoms with Gasteiger partial charge in [-0.1, -0.05) is 0 Å². The molecular formula is C18H19FN4O2. The molecule has 0 atom stereocenters. The maximum atomic E-state index is 13.3. The van der Waals surface area contributed by atoms with E-state index in [4.69, 9.17) is 4.74 Å². The van der Waals surface area contributed by atoms with Gasteiger partial charge < -0.3 is 14.6 Å². The van der Waals surface area contributed by atoms with Crippen molar-refractivity contribution < 1.29 is 13.9 Å². The van der Waals surface area contributed by atoms with Crippen LogP contribution in [0.25, 0.3) is 11.5 Å². The molecule has 3 aromatic rings. The van der Waals surface area contributed by atoms with E-state index in [9.17, 15) is 9.18 Å². The fourth-order valence-corrected chi connectivity index (χ4v) is 2.61. The van der Waals surface area contributed by atoms with Gasteiger partial charge in [-0.2, -0.15) is 5.10 Å². The van der Waals surface area contributed by atoms with E-state index in [1.54, 1.807) is 30.8 Å². The fourth-order valence-electron chi connectivity index (χ4n) is 2.61. The van der Waals surface area contributed by atoms with Crippen LogP contribution in [0.5, 0.6) is 0 Å². The van der Waals surface area contributed by atoms with Gasteiger partial charge in [0.15, 0.2) is 5.82 Å². The average molecular weight is 342 g/mol. The van der Waals surface area contributed by atoms with Gasteiger partial charge in [0.1, 0.15) is 11.4 Å². The van der Waals surface area contributed by atoms with E-state index < -0.39 is 0 Å². The first-order chi connectivity index (χ1) is 12.1. The highest BCUT2D eigenvalue weighted by atomic mass is 19.1. The number of methoxy groups -OCH3 is 1. The van der Waals surface area contributed by atoms with Crippen LogP contribution in [0.4, 0.5) is 4.39 Å². The molecule has 0 saturated carbocycles. The number of halogens is 1. The van der Waals surface area contributed by atoms with Crippen LogP contribution in [0.2, 0.25) is 0 Å². The first-order valence-corrected chi connectivity index (χ1v) is 7.88. The quantitative estimate of drug-likeness (QED) is 0.700. The second-order valence-electron chi connectivity index (χ2n) is 5.51. The second kappa shape index (κ2) is 7.31. The normalized spacial score (nSPS) is 10.8. The van der Waals surface area contributed by atoms with Crippen LogP contribution in [0.3, 0.4) is 0 Å². The molecule has 25 heavy (non-hydrogen) atoms. The van der Waals surface area contributed by atoms with Crippen LogP contribution in [-0.4, -0.2) is 40.5 Å². The molecule has 0 saturated heterocycles. The Morgan fingerprint density at radius 1 is 1.24 bits per heavy atom. The molecule has 1 aromatic carbocycles. The first-order valence-electron chi connectivity index (χ1n) is 7.88. The zero-order chi connectivity index (χ0) is 17.8. The third kappa shape index (κ3) is 3.46. The minimum atomic E-state index is -0.326. The van der Waals surface area contributed by atoms with Crippen LogP contribution in [0.1, 0.15) is 16.1 Å². The van der Waals surface area contributed by atoms with Crippen LogP contribution >= 0.6 is 0 Å². The molecule has 1 N–H and O–H groups in total. The van der Waals surface area contributed by atoms with Crippen molar-refractivity contribution in [2.24, 2.45) is 0 Å². The van der Waals surface area contributed by atoms with Gasteiger partial charge in [0.25, 0.3) is 5.91 Å². The van der Waals surface area contributed by atoms with Gasteiger partial charge in [-0.05, 0) is 43.3 Å². The molecule has 130 valence electrons. The van der Waals surface area contributed by atoms with Crippen LogP contribution in [0, 0.1) is 12.7 Å². The topological polar surface area (TPSA) is 61.1 Å². The molecule has 3 rings (SSSR count). The van der Waals surface area contributed by atoms with Crippen molar-refractivity contribution in [3.05, 3.63) is 65.9 Å². The van der Waals surface area contributed by atoms with Crippen molar-refractivity contribution in [1.29, 1.82) is 0 Å². The van der Waals surface area contributed by atoms with E-state index in [1.807, 2.05) is 29.1 Å². The van der Waals surface area contributed by atoms with E-state index in [0.717, 1.165) is 0 Å². The SMILES string of the molecule is COCCNC(=O)c1c(C)nn(-c2ccc(F)cc2)c1-n1cccc1. The summed E-state index contributed by atoms with van der Waals surface area (Å²) in [6.07, 6.45) is 3.67. The van der Waals surface area contributed by atoms with Crippen molar-refractivity contribution in [1.82, 2.24) is 19.7 Å². The Morgan fingerprint density at radius 3 is 2.56 bits per heavy atom. The largest absolute Gasteiger partial charge is 0.383 e. The summed E-state index contributed by atoms with van der Waals surface area (Å²) in [6.45, 7) is 2.61. The van der Waals surface area contributed by atoms with Gasteiger partial charge in [-0.15, -0.1) is 0 Å². The monoisotopic (exact) mass is 342 g/mol. The van der Waals surface area contributed by atoms with Crippen molar-refractivity contribution in [2.75, 3.05) is 20.3 Å². The van der Waals surface area contributed by atoms with Gasteiger partial charge in [0, 0.05) is 26.0 Å². The molecular weight excluding hydrogens is 323 g/mol. The van der Waals surface area contributed by atoms with Gasteiger partial charge in [0.2, 0.25) is 0 Å². The molecule has 0 bridgehead atoms. The van der Waals surface area contributed by atoms with E-state index >= 15 is 0 Å². The molecule has 2 heterocycles. The van der Waals surface area contributed by atoms with E-state index in [0.29, 0.717) is 35.9 Å². The van der Waals surface area contributed by atoms with Gasteiger partial charge in [0.05, 0.1) is 18.0 Å². The molecule has 0 spiro atoms. The average Bonchev–Trinajstić information content (AvgIpc) is 3.23. The van der Waals surface area contributed by atoms with E-state index in [2.05, 4.69) is 10.4 Å². The van der Waals surface area contributed by atoms with Gasteiger partial charge in [-0.25, -0.2) is 9.07 Å². The number of carbonyl (C=O) groups is 1. The number of aryl methyl sites for hydroxylation is 1. The summed E-state index contributed by atoms with van der Waals surface area (Å²) < 4.78 is 21.7. The lowest BCUT2D eigenvalue weighted by molar-refractivity contribution is 0.0936. The Labute approximate surface area is 144 Å². The molecule has 0 unspecified atom stereocenters. The highest BCUT2D eigenvalue weighted by Crippen LogP contribution is 2.23. The predicted octanol–water partition coefficient (Wildman–Crippen LogP) is 2.49. The van der Waals surface area contributed by atoms with Crippen molar-refractivity contribution in [2.45, 2.75) is 6.92 Å². The van der Waals surface area contributed by atoms with Crippen LogP contribution in [-0.2, 0) is 4.74 Å². The summed E-state index contributed by atoms with van der Waals surface area (Å²) in [4.78, 5) is 12.7. The van der Waals surface area contributed by atoms with E-state index in [-0.39, 0.29) is 11.7 Å². The molecule has 6 nitrogen and oxygen atoms in total. The molecule has 1 amide bonds. The Balaban J connectivity index is 2.09. The lowest BCUT2D eigenvalue weighted by atomic mass is 10.2. The Hall–Kier alpha value is -2.93. The van der Waals surface area contributed by atoms with Crippen LogP contribution in [0.15, 0.2) is 48.8 Å². The Bertz CT molecular complexity index is 854. The predicted molar refractivity (Wildman–Crippen MR) is 91.8 cm³/mol. The van der Waals surface area contributed by atoms with Gasteiger partial charge in [-0.3, -0.25) is 4.79 Å². The Morgan fingerprint density at radius 2 is 1.92 bits per heavy atom. The number of amides is 1. The zero-order valence-electron chi connectivity index (χ0n) is 14.1. The second-order valence-corrected chi connectivity index (χ2v) is 5.51. The summed E-state index contributed by atoms with van der Waals surface area (Å²) in [5.74, 6) is 0.0447. The highest BCUT2D eigenvalue weighted by molar-refractivity contribution is 5.98. The molecule has 0 aliphatic rings. The zero-order valence-corrected chi connectivity index (χ0v) is 14.1. The van der Waals surface area contributed by atoms with Crippen LogP contribution < -0.4 is 5.32 Å². The first kappa shape index (κ1) is 16.9. The molecule has 0 radical (unpaired) electrons. The van der Waals surface area contributed by atoms with Crippen molar-refractivity contribution in [3.8, 4) is 11.5 Å². The minimum Gasteiger partial charge on any atom is -0.383 e. The summed E-state index contributed by atoms with van der Waals surface area (Å²) in [6, 6.07) is 9.71. The van der Waals surface area contributed by atoms with Gasteiger partial charge >= 0.3 is 0 Å². The standard InChI is InChI=1S/C18H19FN4O2/c1-13-16(17(24)20-9-12-25-2)18(22-10-3-4-11-22)23(21-13)15-7-5-14(19)6-8-15/h3-8,10-11H,9,12H2,1-2H3,(H,20,24). The third-order valence-electron chi connectivity index (χ3n) is 3.78. The number of nitrogens with one attached hydrogen (secondary N) is 1. The molecule has 0 aliphatic carbocycles. The number of nitrogens with zero attached hydrogens (tertiary/aromatic N) is 3.